The highest BCUT2D eigenvalue weighted by molar-refractivity contribution is 5.19. The molecule has 1 rings (SSSR count). The van der Waals surface area contributed by atoms with E-state index in [-0.39, 0.29) is 5.56 Å². The van der Waals surface area contributed by atoms with Gasteiger partial charge >= 0.3 is 5.92 Å². The van der Waals surface area contributed by atoms with Crippen LogP contribution < -0.4 is 0 Å². The molecule has 0 aromatic heterocycles. The molecule has 4 heteroatoms. The Hall–Kier alpha value is -1.00. The highest BCUT2D eigenvalue weighted by Crippen LogP contribution is 2.33. The van der Waals surface area contributed by atoms with Gasteiger partial charge in [0, 0.05) is 0 Å². The number of aliphatic hydroxyl groups excluding tert-OH is 2. The molecule has 2 N–H and O–H groups in total. The quantitative estimate of drug-likeness (QED) is 0.783. The van der Waals surface area contributed by atoms with Gasteiger partial charge in [0.25, 0.3) is 0 Å². The Labute approximate surface area is 80.8 Å². The standard InChI is InChI=1S/C10H12F2O2/c1-7(13)10(11,12)9(14)8-5-3-2-4-6-8/h2-7,9,13-14H,1H3/t7-,9+/m0/s1. The highest BCUT2D eigenvalue weighted by atomic mass is 19.3. The molecule has 0 saturated carbocycles. The molecule has 2 nitrogen and oxygen atoms in total. The zero-order valence-electron chi connectivity index (χ0n) is 7.69. The lowest BCUT2D eigenvalue weighted by molar-refractivity contribution is -0.173. The summed E-state index contributed by atoms with van der Waals surface area (Å²) in [6.07, 6.45) is -3.85. The fourth-order valence-electron chi connectivity index (χ4n) is 1.09. The van der Waals surface area contributed by atoms with E-state index in [4.69, 9.17) is 5.11 Å². The van der Waals surface area contributed by atoms with Gasteiger partial charge in [-0.05, 0) is 12.5 Å². The number of halogens is 2. The van der Waals surface area contributed by atoms with E-state index in [2.05, 4.69) is 0 Å². The molecular formula is C10H12F2O2. The molecule has 1 aromatic carbocycles. The van der Waals surface area contributed by atoms with Crippen LogP contribution >= 0.6 is 0 Å². The minimum Gasteiger partial charge on any atom is -0.387 e. The summed E-state index contributed by atoms with van der Waals surface area (Å²) in [5, 5.41) is 18.1. The highest BCUT2D eigenvalue weighted by Gasteiger charge is 2.44. The summed E-state index contributed by atoms with van der Waals surface area (Å²) in [7, 11) is 0. The molecule has 1 aromatic rings. The first-order chi connectivity index (χ1) is 6.46. The van der Waals surface area contributed by atoms with E-state index in [0.717, 1.165) is 6.92 Å². The zero-order chi connectivity index (χ0) is 10.8. The average Bonchev–Trinajstić information content (AvgIpc) is 2.17. The molecular weight excluding hydrogens is 190 g/mol. The predicted molar refractivity (Wildman–Crippen MR) is 48.0 cm³/mol. The first-order valence-electron chi connectivity index (χ1n) is 4.25. The topological polar surface area (TPSA) is 40.5 Å². The maximum atomic E-state index is 13.1. The molecule has 0 aliphatic heterocycles. The molecule has 0 amide bonds. The number of hydrogen-bond acceptors (Lipinski definition) is 2. The maximum Gasteiger partial charge on any atom is 0.302 e. The van der Waals surface area contributed by atoms with Crippen molar-refractivity contribution >= 4 is 0 Å². The lowest BCUT2D eigenvalue weighted by Crippen LogP contribution is -2.37. The Bertz CT molecular complexity index is 285. The van der Waals surface area contributed by atoms with Crippen LogP contribution in [0, 0.1) is 0 Å². The Morgan fingerprint density at radius 2 is 1.64 bits per heavy atom. The van der Waals surface area contributed by atoms with Gasteiger partial charge < -0.3 is 10.2 Å². The maximum absolute atomic E-state index is 13.1. The summed E-state index contributed by atoms with van der Waals surface area (Å²) in [6.45, 7) is 0.951. The Morgan fingerprint density at radius 3 is 2.07 bits per heavy atom. The second kappa shape index (κ2) is 4.02. The van der Waals surface area contributed by atoms with Crippen LogP contribution in [0.25, 0.3) is 0 Å². The molecule has 2 atom stereocenters. The molecule has 0 aliphatic rings. The second-order valence-electron chi connectivity index (χ2n) is 3.16. The molecule has 0 saturated heterocycles. The van der Waals surface area contributed by atoms with Crippen LogP contribution in [0.2, 0.25) is 0 Å². The molecule has 14 heavy (non-hydrogen) atoms. The van der Waals surface area contributed by atoms with E-state index in [1.165, 1.54) is 12.1 Å². The number of benzene rings is 1. The smallest absolute Gasteiger partial charge is 0.302 e. The molecule has 0 spiro atoms. The fourth-order valence-corrected chi connectivity index (χ4v) is 1.09. The summed E-state index contributed by atoms with van der Waals surface area (Å²) in [6, 6.07) is 7.55. The molecule has 0 unspecified atom stereocenters. The molecule has 0 aliphatic carbocycles. The van der Waals surface area contributed by atoms with Crippen molar-refractivity contribution in [1.29, 1.82) is 0 Å². The van der Waals surface area contributed by atoms with Gasteiger partial charge in [0.2, 0.25) is 0 Å². The van der Waals surface area contributed by atoms with Crippen molar-refractivity contribution in [2.45, 2.75) is 25.1 Å². The van der Waals surface area contributed by atoms with E-state index in [1.807, 2.05) is 0 Å². The van der Waals surface area contributed by atoms with Crippen LogP contribution in [0.5, 0.6) is 0 Å². The minimum atomic E-state index is -3.53. The largest absolute Gasteiger partial charge is 0.387 e. The van der Waals surface area contributed by atoms with Crippen LogP contribution in [-0.2, 0) is 0 Å². The van der Waals surface area contributed by atoms with Gasteiger partial charge in [-0.3, -0.25) is 0 Å². The second-order valence-corrected chi connectivity index (χ2v) is 3.16. The van der Waals surface area contributed by atoms with Crippen molar-refractivity contribution in [3.8, 4) is 0 Å². The summed E-state index contributed by atoms with van der Waals surface area (Å²) in [5.74, 6) is -3.53. The van der Waals surface area contributed by atoms with Gasteiger partial charge in [0.1, 0.15) is 12.2 Å². The van der Waals surface area contributed by atoms with Gasteiger partial charge in [-0.25, -0.2) is 8.78 Å². The van der Waals surface area contributed by atoms with Crippen molar-refractivity contribution in [3.63, 3.8) is 0 Å². The SMILES string of the molecule is C[C@H](O)C(F)(F)[C@H](O)c1ccccc1. The summed E-state index contributed by atoms with van der Waals surface area (Å²) in [5.41, 5.74) is 0.0957. The summed E-state index contributed by atoms with van der Waals surface area (Å²) < 4.78 is 26.3. The zero-order valence-corrected chi connectivity index (χ0v) is 7.69. The van der Waals surface area contributed by atoms with Gasteiger partial charge in [0.05, 0.1) is 0 Å². The van der Waals surface area contributed by atoms with Crippen molar-refractivity contribution in [2.75, 3.05) is 0 Å². The third-order valence-corrected chi connectivity index (χ3v) is 2.04. The lowest BCUT2D eigenvalue weighted by Gasteiger charge is -2.25. The fraction of sp³-hybridized carbons (Fsp3) is 0.400. The van der Waals surface area contributed by atoms with E-state index < -0.39 is 18.1 Å². The molecule has 0 bridgehead atoms. The first-order valence-corrected chi connectivity index (χ1v) is 4.25. The Balaban J connectivity index is 2.90. The van der Waals surface area contributed by atoms with Crippen molar-refractivity contribution < 1.29 is 19.0 Å². The third kappa shape index (κ3) is 2.08. The van der Waals surface area contributed by atoms with Crippen LogP contribution in [0.15, 0.2) is 30.3 Å². The average molecular weight is 202 g/mol. The molecule has 0 heterocycles. The van der Waals surface area contributed by atoms with Crippen molar-refractivity contribution in [3.05, 3.63) is 35.9 Å². The Morgan fingerprint density at radius 1 is 1.14 bits per heavy atom. The van der Waals surface area contributed by atoms with Gasteiger partial charge in [-0.15, -0.1) is 0 Å². The van der Waals surface area contributed by atoms with E-state index in [1.54, 1.807) is 18.2 Å². The monoisotopic (exact) mass is 202 g/mol. The minimum absolute atomic E-state index is 0.0957. The number of aliphatic hydroxyl groups is 2. The van der Waals surface area contributed by atoms with Gasteiger partial charge in [0.15, 0.2) is 0 Å². The van der Waals surface area contributed by atoms with Crippen LogP contribution in [0.3, 0.4) is 0 Å². The number of rotatable bonds is 3. The first kappa shape index (κ1) is 11.1. The van der Waals surface area contributed by atoms with E-state index in [0.29, 0.717) is 0 Å². The molecule has 0 radical (unpaired) electrons. The lowest BCUT2D eigenvalue weighted by atomic mass is 10.0. The third-order valence-electron chi connectivity index (χ3n) is 2.04. The van der Waals surface area contributed by atoms with Crippen molar-refractivity contribution in [2.24, 2.45) is 0 Å². The molecule has 78 valence electrons. The normalized spacial score (nSPS) is 16.4. The van der Waals surface area contributed by atoms with Crippen LogP contribution in [0.4, 0.5) is 8.78 Å². The van der Waals surface area contributed by atoms with E-state index in [9.17, 15) is 13.9 Å². The Kier molecular flexibility index (Phi) is 3.18. The van der Waals surface area contributed by atoms with Gasteiger partial charge in [-0.1, -0.05) is 30.3 Å². The predicted octanol–water partition coefficient (Wildman–Crippen LogP) is 1.74. The van der Waals surface area contributed by atoms with E-state index >= 15 is 0 Å². The van der Waals surface area contributed by atoms with Crippen LogP contribution in [0.1, 0.15) is 18.6 Å². The molecule has 0 fully saturated rings. The van der Waals surface area contributed by atoms with Crippen LogP contribution in [-0.4, -0.2) is 22.2 Å². The summed E-state index contributed by atoms with van der Waals surface area (Å²) >= 11 is 0. The van der Waals surface area contributed by atoms with Gasteiger partial charge in [-0.2, -0.15) is 0 Å². The summed E-state index contributed by atoms with van der Waals surface area (Å²) in [4.78, 5) is 0. The van der Waals surface area contributed by atoms with Crippen molar-refractivity contribution in [1.82, 2.24) is 0 Å². The number of alkyl halides is 2. The number of hydrogen-bond donors (Lipinski definition) is 2.